The van der Waals surface area contributed by atoms with Gasteiger partial charge in [-0.1, -0.05) is 146 Å². The average Bonchev–Trinajstić information content (AvgIpc) is 0.864. The second-order valence-electron chi connectivity index (χ2n) is 23.8. The number of aromatic nitrogens is 8. The lowest BCUT2D eigenvalue weighted by atomic mass is 9.80. The first-order valence-electron chi connectivity index (χ1n) is 32.4. The maximum Gasteiger partial charge on any atom is 0.320 e. The smallest absolute Gasteiger partial charge is 0.320 e. The van der Waals surface area contributed by atoms with Gasteiger partial charge in [-0.2, -0.15) is 0 Å². The third-order valence-corrected chi connectivity index (χ3v) is 19.0. The molecular weight excluding hydrogens is 1330 g/mol. The highest BCUT2D eigenvalue weighted by atomic mass is 31.1. The lowest BCUT2D eigenvalue weighted by Gasteiger charge is -2.37. The van der Waals surface area contributed by atoms with Crippen molar-refractivity contribution in [3.8, 4) is 23.0 Å². The van der Waals surface area contributed by atoms with Crippen LogP contribution in [0.25, 0.3) is 22.3 Å². The Bertz CT molecular complexity index is 4480. The third-order valence-electron chi connectivity index (χ3n) is 18.1. The fourth-order valence-corrected chi connectivity index (χ4v) is 14.1. The number of amides is 2. The summed E-state index contributed by atoms with van der Waals surface area (Å²) in [6, 6.07) is 64.8. The van der Waals surface area contributed by atoms with Gasteiger partial charge in [0.2, 0.25) is 0 Å². The molecule has 8 atom stereocenters. The minimum Gasteiger partial charge on any atom is -0.497 e. The van der Waals surface area contributed by atoms with Crippen LogP contribution in [0.15, 0.2) is 244 Å². The SMILES string of the molecule is COc1ccc(C(OC[C@H]2O[C@@H](n3cnc4c(NC(=O)c5ccccc5)ncnc43)[C@@H](F)[C@H]2O[PH](=O)O[C@@H]2[C@H](F)[C@H](n3cnc4c(NC(=O)c5ccccc5)ncnc43)O[C@@H]2COC(c2ccccc2)(c2ccc(OC)cc2)c2ccc(OC)cc2)(c2ccccc2)c2ccc(OC)cc2)cc1. The van der Waals surface area contributed by atoms with Gasteiger partial charge in [-0.05, 0) is 106 Å². The number of nitrogens with zero attached hydrogens (tertiary/aromatic N) is 8. The standard InChI is InChI=1S/C76H67F2N10O13P/c1-92-55-33-25-51(26-34-55)75(49-21-13-7-14-22-49,52-27-35-56(93-2)36-28-52)96-41-59-65(61(77)73(98-59)87-45-83-63-67(79-43-81-69(63)87)85-71(89)47-17-9-5-10-18-47)100-102(91)101-66-60(99-74(62(66)78)88-46-84-64-68(80-44-82-70(64)88)86-72(90)48-19-11-6-12-20-48)42-97-76(50-23-15-8-16-24-50,53-29-37-57(94-3)38-30-53)54-31-39-58(95-4)40-32-54/h5-40,43-46,59-62,65-66,73-74,102H,41-42H2,1-4H3,(H,79,81,85,89)(H,80,82,86,90)/t59-,60-,61+,62+,65+,66+,73-,74-/m1/s1. The normalized spacial score (nSPS) is 19.0. The van der Waals surface area contributed by atoms with Gasteiger partial charge in [0.1, 0.15) is 71.3 Å². The number of methoxy groups -OCH3 is 4. The maximum atomic E-state index is 18.5. The van der Waals surface area contributed by atoms with Crippen molar-refractivity contribution < 1.29 is 69.9 Å². The van der Waals surface area contributed by atoms with Crippen LogP contribution in [-0.2, 0) is 43.8 Å². The summed E-state index contributed by atoms with van der Waals surface area (Å²) in [5.41, 5.74) is 1.80. The van der Waals surface area contributed by atoms with Crippen molar-refractivity contribution in [2.45, 2.75) is 60.4 Å². The van der Waals surface area contributed by atoms with Crippen LogP contribution in [-0.4, -0.2) is 129 Å². The predicted molar refractivity (Wildman–Crippen MR) is 372 cm³/mol. The second-order valence-corrected chi connectivity index (χ2v) is 24.8. The van der Waals surface area contributed by atoms with Crippen molar-refractivity contribution in [3.05, 3.63) is 288 Å². The van der Waals surface area contributed by atoms with Crippen molar-refractivity contribution in [3.63, 3.8) is 0 Å². The molecule has 14 rings (SSSR count). The largest absolute Gasteiger partial charge is 0.497 e. The van der Waals surface area contributed by atoms with Crippen LogP contribution in [0, 0.1) is 0 Å². The Morgan fingerprint density at radius 1 is 0.431 bits per heavy atom. The molecule has 102 heavy (non-hydrogen) atoms. The van der Waals surface area contributed by atoms with E-state index < -0.39 is 93.7 Å². The Kier molecular flexibility index (Phi) is 20.0. The van der Waals surface area contributed by atoms with Crippen molar-refractivity contribution in [1.82, 2.24) is 39.0 Å². The molecule has 2 aliphatic heterocycles. The molecular formula is C76H67F2N10O13P. The highest BCUT2D eigenvalue weighted by Gasteiger charge is 2.54. The van der Waals surface area contributed by atoms with E-state index in [1.807, 2.05) is 109 Å². The summed E-state index contributed by atoms with van der Waals surface area (Å²) in [6.45, 7) is -0.940. The monoisotopic (exact) mass is 1400 g/mol. The Morgan fingerprint density at radius 2 is 0.735 bits per heavy atom. The Labute approximate surface area is 584 Å². The van der Waals surface area contributed by atoms with E-state index >= 15 is 13.3 Å². The number of benzene rings is 8. The number of anilines is 2. The summed E-state index contributed by atoms with van der Waals surface area (Å²) >= 11 is 0. The first-order chi connectivity index (χ1) is 49.9. The van der Waals surface area contributed by atoms with E-state index in [1.54, 1.807) is 138 Å². The van der Waals surface area contributed by atoms with Gasteiger partial charge in [0, 0.05) is 11.1 Å². The summed E-state index contributed by atoms with van der Waals surface area (Å²) in [7, 11) is 2.08. The molecule has 2 aliphatic rings. The topological polar surface area (TPSA) is 255 Å². The quantitative estimate of drug-likeness (QED) is 0.0377. The van der Waals surface area contributed by atoms with Crippen molar-refractivity contribution >= 4 is 54.0 Å². The van der Waals surface area contributed by atoms with Crippen molar-refractivity contribution in [2.75, 3.05) is 52.3 Å². The zero-order chi connectivity index (χ0) is 70.3. The maximum absolute atomic E-state index is 18.5. The van der Waals surface area contributed by atoms with Crippen LogP contribution in [0.3, 0.4) is 0 Å². The lowest BCUT2D eigenvalue weighted by Crippen LogP contribution is -2.40. The molecule has 2 amide bonds. The number of ether oxygens (including phenoxy) is 8. The van der Waals surface area contributed by atoms with Crippen LogP contribution in [0.5, 0.6) is 23.0 Å². The number of rotatable bonds is 26. The van der Waals surface area contributed by atoms with Gasteiger partial charge in [0.15, 0.2) is 58.8 Å². The number of nitrogens with one attached hydrogen (secondary N) is 2. The number of hydrogen-bond acceptors (Lipinski definition) is 19. The molecule has 23 nitrogen and oxygen atoms in total. The molecule has 26 heteroatoms. The molecule has 0 spiro atoms. The molecule has 8 aromatic carbocycles. The fraction of sp³-hybridized carbons (Fsp3) is 0.211. The van der Waals surface area contributed by atoms with Gasteiger partial charge in [-0.15, -0.1) is 0 Å². The number of halogens is 2. The van der Waals surface area contributed by atoms with E-state index in [2.05, 4.69) is 40.5 Å². The Morgan fingerprint density at radius 3 is 1.05 bits per heavy atom. The molecule has 12 aromatic rings. The van der Waals surface area contributed by atoms with Crippen LogP contribution >= 0.6 is 8.25 Å². The van der Waals surface area contributed by atoms with E-state index in [0.29, 0.717) is 67.5 Å². The Balaban J connectivity index is 0.844. The predicted octanol–water partition coefficient (Wildman–Crippen LogP) is 12.9. The molecule has 4 aromatic heterocycles. The fourth-order valence-electron chi connectivity index (χ4n) is 13.0. The highest BCUT2D eigenvalue weighted by molar-refractivity contribution is 7.33. The van der Waals surface area contributed by atoms with Crippen LogP contribution in [0.2, 0.25) is 0 Å². The van der Waals surface area contributed by atoms with Crippen LogP contribution < -0.4 is 29.6 Å². The summed E-state index contributed by atoms with van der Waals surface area (Å²) < 4.78 is 118. The number of imidazole rings is 2. The molecule has 2 fully saturated rings. The van der Waals surface area contributed by atoms with E-state index in [9.17, 15) is 9.59 Å². The van der Waals surface area contributed by atoms with Crippen LogP contribution in [0.1, 0.15) is 66.6 Å². The van der Waals surface area contributed by atoms with Gasteiger partial charge in [0.25, 0.3) is 11.8 Å². The molecule has 0 aliphatic carbocycles. The zero-order valence-electron chi connectivity index (χ0n) is 55.3. The van der Waals surface area contributed by atoms with Gasteiger partial charge in [0.05, 0.1) is 54.3 Å². The zero-order valence-corrected chi connectivity index (χ0v) is 56.3. The summed E-state index contributed by atoms with van der Waals surface area (Å²) in [6.07, 6.45) is -9.37. The summed E-state index contributed by atoms with van der Waals surface area (Å²) in [5, 5.41) is 5.57. The number of fused-ring (bicyclic) bond motifs is 2. The molecule has 2 saturated heterocycles. The number of carbonyl (C=O) groups excluding carboxylic acids is 2. The second kappa shape index (κ2) is 30.0. The molecule has 0 saturated carbocycles. The molecule has 6 heterocycles. The van der Waals surface area contributed by atoms with E-state index in [1.165, 1.54) is 34.4 Å². The van der Waals surface area contributed by atoms with E-state index in [4.69, 9.17) is 46.9 Å². The summed E-state index contributed by atoms with van der Waals surface area (Å²) in [5.74, 6) is 1.33. The average molecular weight is 1400 g/mol. The van der Waals surface area contributed by atoms with Gasteiger partial charge in [-0.25, -0.2) is 38.7 Å². The highest BCUT2D eigenvalue weighted by Crippen LogP contribution is 2.49. The first-order valence-corrected chi connectivity index (χ1v) is 33.6. The third kappa shape index (κ3) is 13.3. The molecule has 518 valence electrons. The van der Waals surface area contributed by atoms with E-state index in [-0.39, 0.29) is 34.0 Å². The molecule has 2 N–H and O–H groups in total. The minimum absolute atomic E-state index is 0.0237. The number of hydrogen-bond donors (Lipinski definition) is 2. The Hall–Kier alpha value is -11.2. The van der Waals surface area contributed by atoms with Gasteiger partial charge in [-0.3, -0.25) is 23.3 Å². The minimum atomic E-state index is -4.14. The van der Waals surface area contributed by atoms with Crippen molar-refractivity contribution in [1.29, 1.82) is 0 Å². The lowest BCUT2D eigenvalue weighted by molar-refractivity contribution is -0.0958. The van der Waals surface area contributed by atoms with Crippen LogP contribution in [0.4, 0.5) is 20.4 Å². The number of alkyl halides is 2. The summed E-state index contributed by atoms with van der Waals surface area (Å²) in [4.78, 5) is 53.7. The molecule has 0 bridgehead atoms. The first kappa shape index (κ1) is 68.0. The van der Waals surface area contributed by atoms with Gasteiger partial charge < -0.3 is 57.6 Å². The molecule has 0 unspecified atom stereocenters. The molecule has 0 radical (unpaired) electrons. The van der Waals surface area contributed by atoms with Gasteiger partial charge >= 0.3 is 8.25 Å². The van der Waals surface area contributed by atoms with Crippen molar-refractivity contribution in [2.24, 2.45) is 0 Å². The van der Waals surface area contributed by atoms with E-state index in [0.717, 1.165) is 0 Å². The number of carbonyl (C=O) groups is 2.